The van der Waals surface area contributed by atoms with Gasteiger partial charge >= 0.3 is 0 Å². The van der Waals surface area contributed by atoms with Crippen LogP contribution < -0.4 is 0 Å². The van der Waals surface area contributed by atoms with E-state index in [9.17, 15) is 4.79 Å². The van der Waals surface area contributed by atoms with Gasteiger partial charge in [0.1, 0.15) is 0 Å². The maximum atomic E-state index is 13.1. The van der Waals surface area contributed by atoms with E-state index in [1.807, 2.05) is 10.9 Å². The summed E-state index contributed by atoms with van der Waals surface area (Å²) in [4.78, 5) is 15.2. The first kappa shape index (κ1) is 16.8. The summed E-state index contributed by atoms with van der Waals surface area (Å²) in [6, 6.07) is 0.490. The van der Waals surface area contributed by atoms with Crippen LogP contribution in [0.3, 0.4) is 0 Å². The van der Waals surface area contributed by atoms with E-state index in [4.69, 9.17) is 4.74 Å². The number of nitrogens with zero attached hydrogens (tertiary/aromatic N) is 3. The molecule has 136 valence electrons. The Bertz CT molecular complexity index is 670. The summed E-state index contributed by atoms with van der Waals surface area (Å²) in [7, 11) is 0. The van der Waals surface area contributed by atoms with Gasteiger partial charge in [0.25, 0.3) is 0 Å². The molecule has 3 heterocycles. The number of ether oxygens (including phenoxy) is 1. The molecule has 3 aliphatic rings. The number of allylic oxidation sites excluding steroid dienone is 1. The van der Waals surface area contributed by atoms with Gasteiger partial charge in [-0.15, -0.1) is 0 Å². The first-order valence-corrected chi connectivity index (χ1v) is 9.72. The monoisotopic (exact) mass is 343 g/mol. The van der Waals surface area contributed by atoms with E-state index in [1.54, 1.807) is 0 Å². The molecule has 1 atom stereocenters. The topological polar surface area (TPSA) is 47.4 Å². The molecule has 2 saturated heterocycles. The fourth-order valence-electron chi connectivity index (χ4n) is 4.66. The highest BCUT2D eigenvalue weighted by Crippen LogP contribution is 2.55. The van der Waals surface area contributed by atoms with Gasteiger partial charge < -0.3 is 9.64 Å². The summed E-state index contributed by atoms with van der Waals surface area (Å²) >= 11 is 0. The number of aromatic nitrogens is 2. The van der Waals surface area contributed by atoms with Crippen molar-refractivity contribution >= 4 is 5.91 Å². The molecule has 0 N–H and O–H groups in total. The minimum atomic E-state index is 0.152. The minimum absolute atomic E-state index is 0.152. The lowest BCUT2D eigenvalue weighted by molar-refractivity contribution is -0.165. The minimum Gasteiger partial charge on any atom is -0.381 e. The van der Waals surface area contributed by atoms with Crippen molar-refractivity contribution in [3.8, 4) is 0 Å². The Kier molecular flexibility index (Phi) is 4.44. The van der Waals surface area contributed by atoms with Gasteiger partial charge in [-0.1, -0.05) is 6.08 Å². The molecule has 1 aromatic heterocycles. The van der Waals surface area contributed by atoms with Crippen LogP contribution in [0.5, 0.6) is 0 Å². The predicted octanol–water partition coefficient (Wildman–Crippen LogP) is 3.64. The Hall–Kier alpha value is -1.62. The summed E-state index contributed by atoms with van der Waals surface area (Å²) in [5.74, 6) is 0.249. The number of likely N-dealkylation sites (tertiary alicyclic amines) is 1. The molecule has 1 aromatic rings. The fraction of sp³-hybridized carbons (Fsp3) is 0.700. The first-order chi connectivity index (χ1) is 12.1. The molecule has 2 aliphatic heterocycles. The lowest BCUT2D eigenvalue weighted by Gasteiger charge is -2.59. The molecule has 2 fully saturated rings. The van der Waals surface area contributed by atoms with Crippen molar-refractivity contribution in [2.24, 2.45) is 5.41 Å². The summed E-state index contributed by atoms with van der Waals surface area (Å²) in [6.45, 7) is 6.75. The highest BCUT2D eigenvalue weighted by molar-refractivity contribution is 5.94. The third-order valence-electron chi connectivity index (χ3n) is 6.16. The van der Waals surface area contributed by atoms with Gasteiger partial charge in [0, 0.05) is 48.5 Å². The Morgan fingerprint density at radius 1 is 1.32 bits per heavy atom. The highest BCUT2D eigenvalue weighted by Gasteiger charge is 2.56. The van der Waals surface area contributed by atoms with Crippen LogP contribution in [0.25, 0.3) is 0 Å². The van der Waals surface area contributed by atoms with Crippen LogP contribution in [-0.2, 0) is 9.53 Å². The second-order valence-corrected chi connectivity index (χ2v) is 8.13. The zero-order chi connectivity index (χ0) is 17.4. The largest absolute Gasteiger partial charge is 0.381 e. The summed E-state index contributed by atoms with van der Waals surface area (Å²) < 4.78 is 7.61. The number of carbonyl (C=O) groups is 1. The van der Waals surface area contributed by atoms with Crippen LogP contribution in [0.15, 0.2) is 24.0 Å². The number of hydrogen-bond acceptors (Lipinski definition) is 3. The maximum absolute atomic E-state index is 13.1. The van der Waals surface area contributed by atoms with Gasteiger partial charge in [-0.2, -0.15) is 5.10 Å². The third-order valence-corrected chi connectivity index (χ3v) is 6.16. The van der Waals surface area contributed by atoms with Gasteiger partial charge in [0.05, 0.1) is 12.2 Å². The lowest BCUT2D eigenvalue weighted by atomic mass is 9.64. The van der Waals surface area contributed by atoms with Crippen LogP contribution in [0, 0.1) is 5.41 Å². The van der Waals surface area contributed by atoms with E-state index in [-0.39, 0.29) is 17.4 Å². The van der Waals surface area contributed by atoms with Crippen molar-refractivity contribution in [3.05, 3.63) is 29.6 Å². The molecular formula is C20H29N3O2. The second kappa shape index (κ2) is 6.60. The summed E-state index contributed by atoms with van der Waals surface area (Å²) in [6.07, 6.45) is 12.7. The molecule has 1 aliphatic carbocycles. The van der Waals surface area contributed by atoms with Gasteiger partial charge in [0.2, 0.25) is 5.91 Å². The quantitative estimate of drug-likeness (QED) is 0.842. The average Bonchev–Trinajstić information content (AvgIpc) is 3.10. The Balaban J connectivity index is 1.62. The molecule has 0 bridgehead atoms. The van der Waals surface area contributed by atoms with E-state index in [0.29, 0.717) is 6.04 Å². The normalized spacial score (nSPS) is 25.8. The zero-order valence-electron chi connectivity index (χ0n) is 15.4. The van der Waals surface area contributed by atoms with E-state index < -0.39 is 0 Å². The molecule has 1 unspecified atom stereocenters. The molecule has 4 rings (SSSR count). The Morgan fingerprint density at radius 3 is 2.76 bits per heavy atom. The van der Waals surface area contributed by atoms with Crippen LogP contribution in [0.4, 0.5) is 0 Å². The fourth-order valence-corrected chi connectivity index (χ4v) is 4.66. The van der Waals surface area contributed by atoms with E-state index in [2.05, 4.69) is 36.1 Å². The van der Waals surface area contributed by atoms with Crippen molar-refractivity contribution < 1.29 is 9.53 Å². The zero-order valence-corrected chi connectivity index (χ0v) is 15.4. The van der Waals surface area contributed by atoms with Crippen LogP contribution in [-0.4, -0.2) is 40.3 Å². The second-order valence-electron chi connectivity index (χ2n) is 8.13. The molecule has 25 heavy (non-hydrogen) atoms. The molecular weight excluding hydrogens is 314 g/mol. The van der Waals surface area contributed by atoms with Gasteiger partial charge in [-0.05, 0) is 52.4 Å². The van der Waals surface area contributed by atoms with E-state index >= 15 is 0 Å². The highest BCUT2D eigenvalue weighted by atomic mass is 16.5. The molecule has 0 saturated carbocycles. The van der Waals surface area contributed by atoms with Crippen molar-refractivity contribution in [2.45, 2.75) is 64.5 Å². The molecule has 5 heteroatoms. The van der Waals surface area contributed by atoms with E-state index in [0.717, 1.165) is 57.4 Å². The van der Waals surface area contributed by atoms with Gasteiger partial charge in [-0.25, -0.2) is 0 Å². The predicted molar refractivity (Wildman–Crippen MR) is 96.1 cm³/mol. The van der Waals surface area contributed by atoms with Crippen molar-refractivity contribution in [2.75, 3.05) is 19.8 Å². The van der Waals surface area contributed by atoms with E-state index in [1.165, 1.54) is 12.0 Å². The maximum Gasteiger partial charge on any atom is 0.250 e. The average molecular weight is 343 g/mol. The first-order valence-electron chi connectivity index (χ1n) is 9.72. The van der Waals surface area contributed by atoms with Crippen molar-refractivity contribution in [1.82, 2.24) is 14.7 Å². The number of amides is 1. The Labute approximate surface area is 150 Å². The molecule has 1 spiro atoms. The van der Waals surface area contributed by atoms with Gasteiger partial charge in [0.15, 0.2) is 0 Å². The number of hydrogen-bond donors (Lipinski definition) is 0. The molecule has 0 aromatic carbocycles. The van der Waals surface area contributed by atoms with Crippen molar-refractivity contribution in [1.29, 1.82) is 0 Å². The van der Waals surface area contributed by atoms with Gasteiger partial charge in [-0.3, -0.25) is 9.48 Å². The number of rotatable bonds is 3. The standard InChI is InChI=1S/C20H29N3O2/c1-15(2)23-13-17(12-21-23)18-20(8-10-25-11-9-20)14-22(18)19(24)16-6-4-3-5-7-16/h6,12-13,15,18H,3-5,7-11,14H2,1-2H3. The number of carbonyl (C=O) groups excluding carboxylic acids is 1. The lowest BCUT2D eigenvalue weighted by Crippen LogP contribution is -2.62. The molecule has 5 nitrogen and oxygen atoms in total. The third kappa shape index (κ3) is 2.92. The van der Waals surface area contributed by atoms with Crippen LogP contribution in [0.2, 0.25) is 0 Å². The Morgan fingerprint density at radius 2 is 2.12 bits per heavy atom. The summed E-state index contributed by atoms with van der Waals surface area (Å²) in [5, 5.41) is 4.54. The summed E-state index contributed by atoms with van der Waals surface area (Å²) in [5.41, 5.74) is 2.38. The molecule has 0 radical (unpaired) electrons. The van der Waals surface area contributed by atoms with Crippen LogP contribution >= 0.6 is 0 Å². The smallest absolute Gasteiger partial charge is 0.250 e. The molecule has 1 amide bonds. The van der Waals surface area contributed by atoms with Crippen molar-refractivity contribution in [3.63, 3.8) is 0 Å². The SMILES string of the molecule is CC(C)n1cc(C2N(C(=O)C3=CCCCC3)CC23CCOCC3)cn1. The van der Waals surface area contributed by atoms with Crippen LogP contribution in [0.1, 0.15) is 70.0 Å².